The van der Waals surface area contributed by atoms with Gasteiger partial charge in [0.25, 0.3) is 0 Å². The van der Waals surface area contributed by atoms with E-state index >= 15 is 0 Å². The molecule has 4 aliphatic rings. The second-order valence-corrected chi connectivity index (χ2v) is 9.86. The summed E-state index contributed by atoms with van der Waals surface area (Å²) in [6, 6.07) is 0.668. The van der Waals surface area contributed by atoms with Gasteiger partial charge >= 0.3 is 0 Å². The van der Waals surface area contributed by atoms with Crippen LogP contribution in [0.15, 0.2) is 11.6 Å². The summed E-state index contributed by atoms with van der Waals surface area (Å²) in [6.45, 7) is 7.32. The fourth-order valence-corrected chi connectivity index (χ4v) is 7.81. The van der Waals surface area contributed by atoms with E-state index in [0.717, 1.165) is 18.3 Å². The van der Waals surface area contributed by atoms with Crippen molar-refractivity contribution >= 4 is 0 Å². The highest BCUT2D eigenvalue weighted by Gasteiger charge is 2.61. The number of rotatable bonds is 1. The van der Waals surface area contributed by atoms with Crippen LogP contribution in [0, 0.1) is 34.5 Å². The number of hydrogen-bond acceptors (Lipinski definition) is 2. The third-order valence-electron chi connectivity index (χ3n) is 9.29. The summed E-state index contributed by atoms with van der Waals surface area (Å²) < 4.78 is 0. The third kappa shape index (κ3) is 2.21. The van der Waals surface area contributed by atoms with Crippen molar-refractivity contribution in [3.63, 3.8) is 0 Å². The predicted molar refractivity (Wildman–Crippen MR) is 99.7 cm³/mol. The number of aliphatic hydroxyl groups excluding tert-OH is 1. The van der Waals surface area contributed by atoms with Gasteiger partial charge in [-0.2, -0.15) is 0 Å². The lowest BCUT2D eigenvalue weighted by Crippen LogP contribution is -2.58. The molecule has 0 spiro atoms. The summed E-state index contributed by atoms with van der Waals surface area (Å²) in [5.41, 5.74) is 2.53. The summed E-state index contributed by atoms with van der Waals surface area (Å²) >= 11 is 0. The zero-order valence-corrected chi connectivity index (χ0v) is 16.1. The van der Waals surface area contributed by atoms with E-state index in [2.05, 4.69) is 39.2 Å². The van der Waals surface area contributed by atoms with Gasteiger partial charge in [0.05, 0.1) is 6.10 Å². The number of allylic oxidation sites excluding steroid dienone is 2. The summed E-state index contributed by atoms with van der Waals surface area (Å²) in [7, 11) is 2.11. The summed E-state index contributed by atoms with van der Waals surface area (Å²) in [4.78, 5) is 0. The Morgan fingerprint density at radius 3 is 2.58 bits per heavy atom. The molecule has 0 saturated heterocycles. The second kappa shape index (κ2) is 5.84. The van der Waals surface area contributed by atoms with E-state index in [1.807, 2.05) is 0 Å². The molecule has 0 heterocycles. The molecule has 0 aromatic heterocycles. The highest BCUT2D eigenvalue weighted by molar-refractivity contribution is 5.24. The van der Waals surface area contributed by atoms with E-state index in [4.69, 9.17) is 0 Å². The molecule has 8 atom stereocenters. The van der Waals surface area contributed by atoms with Gasteiger partial charge in [-0.15, -0.1) is 0 Å². The highest BCUT2D eigenvalue weighted by Crippen LogP contribution is 2.67. The van der Waals surface area contributed by atoms with Gasteiger partial charge in [0.2, 0.25) is 0 Å². The molecule has 2 N–H and O–H groups in total. The van der Waals surface area contributed by atoms with Crippen LogP contribution < -0.4 is 5.32 Å². The molecule has 2 heteroatoms. The van der Waals surface area contributed by atoms with Gasteiger partial charge in [-0.25, -0.2) is 0 Å². The van der Waals surface area contributed by atoms with Crippen LogP contribution in [0.4, 0.5) is 0 Å². The van der Waals surface area contributed by atoms with Crippen molar-refractivity contribution in [2.45, 2.75) is 84.3 Å². The molecule has 4 fully saturated rings. The van der Waals surface area contributed by atoms with Crippen LogP contribution in [0.25, 0.3) is 0 Å². The lowest BCUT2D eigenvalue weighted by Gasteiger charge is -2.62. The molecule has 0 amide bonds. The van der Waals surface area contributed by atoms with E-state index in [-0.39, 0.29) is 6.10 Å². The SMILES string of the molecule is C/C=C1/CCC2C3C(O)CC4CC(NC)CCC4(C)C3CCC12C. The van der Waals surface area contributed by atoms with Crippen LogP contribution in [0.2, 0.25) is 0 Å². The Kier molecular flexibility index (Phi) is 4.16. The van der Waals surface area contributed by atoms with Crippen LogP contribution in [0.5, 0.6) is 0 Å². The maximum absolute atomic E-state index is 11.2. The lowest BCUT2D eigenvalue weighted by molar-refractivity contribution is -0.156. The molecule has 24 heavy (non-hydrogen) atoms. The largest absolute Gasteiger partial charge is 0.393 e. The van der Waals surface area contributed by atoms with E-state index in [9.17, 15) is 5.11 Å². The highest BCUT2D eigenvalue weighted by atomic mass is 16.3. The fourth-order valence-electron chi connectivity index (χ4n) is 7.81. The third-order valence-corrected chi connectivity index (χ3v) is 9.29. The number of hydrogen-bond donors (Lipinski definition) is 2. The standard InChI is InChI=1S/C22H37NO/c1-5-14-6-7-17-20-18(9-11-21(14,17)2)22(3)10-8-16(23-4)12-15(22)13-19(20)24/h5,15-20,23-24H,6-13H2,1-4H3/b14-5-. The van der Waals surface area contributed by atoms with Gasteiger partial charge in [0.1, 0.15) is 0 Å². The molecule has 8 unspecified atom stereocenters. The van der Waals surface area contributed by atoms with Crippen molar-refractivity contribution in [2.24, 2.45) is 34.5 Å². The average molecular weight is 332 g/mol. The Morgan fingerprint density at radius 1 is 1.08 bits per heavy atom. The predicted octanol–water partition coefficient (Wildman–Crippen LogP) is 4.53. The van der Waals surface area contributed by atoms with Crippen LogP contribution in [0.3, 0.4) is 0 Å². The smallest absolute Gasteiger partial charge is 0.0577 e. The normalized spacial score (nSPS) is 55.8. The van der Waals surface area contributed by atoms with Gasteiger partial charge in [0, 0.05) is 6.04 Å². The first-order valence-electron chi connectivity index (χ1n) is 10.4. The Balaban J connectivity index is 1.65. The fraction of sp³-hybridized carbons (Fsp3) is 0.909. The first kappa shape index (κ1) is 17.1. The minimum absolute atomic E-state index is 0.0653. The van der Waals surface area contributed by atoms with Crippen LogP contribution in [-0.4, -0.2) is 24.3 Å². The molecular formula is C22H37NO. The van der Waals surface area contributed by atoms with Gasteiger partial charge in [0.15, 0.2) is 0 Å². The van der Waals surface area contributed by atoms with Crippen molar-refractivity contribution in [2.75, 3.05) is 7.05 Å². The Bertz CT molecular complexity index is 528. The van der Waals surface area contributed by atoms with Gasteiger partial charge in [-0.05, 0) is 99.8 Å². The minimum Gasteiger partial charge on any atom is -0.393 e. The molecule has 0 bridgehead atoms. The molecule has 0 aromatic carbocycles. The molecule has 4 aliphatic carbocycles. The molecule has 0 aliphatic heterocycles. The Labute approximate surface area is 148 Å². The number of fused-ring (bicyclic) bond motifs is 5. The minimum atomic E-state index is -0.0653. The molecule has 0 radical (unpaired) electrons. The van der Waals surface area contributed by atoms with E-state index in [1.54, 1.807) is 5.57 Å². The lowest BCUT2D eigenvalue weighted by atomic mass is 9.44. The van der Waals surface area contributed by atoms with Gasteiger partial charge in [-0.1, -0.05) is 25.5 Å². The molecule has 0 aromatic rings. The molecule has 2 nitrogen and oxygen atoms in total. The van der Waals surface area contributed by atoms with Crippen molar-refractivity contribution < 1.29 is 5.11 Å². The Morgan fingerprint density at radius 2 is 1.88 bits per heavy atom. The molecule has 136 valence electrons. The van der Waals surface area contributed by atoms with Crippen molar-refractivity contribution in [1.29, 1.82) is 0 Å². The summed E-state index contributed by atoms with van der Waals surface area (Å²) in [5, 5.41) is 14.7. The van der Waals surface area contributed by atoms with Crippen molar-refractivity contribution in [1.82, 2.24) is 5.32 Å². The quantitative estimate of drug-likeness (QED) is 0.692. The topological polar surface area (TPSA) is 32.3 Å². The van der Waals surface area contributed by atoms with Crippen LogP contribution in [0.1, 0.15) is 72.1 Å². The van der Waals surface area contributed by atoms with Crippen LogP contribution >= 0.6 is 0 Å². The van der Waals surface area contributed by atoms with E-state index in [0.29, 0.717) is 28.7 Å². The Hall–Kier alpha value is -0.340. The second-order valence-electron chi connectivity index (χ2n) is 9.86. The van der Waals surface area contributed by atoms with Crippen LogP contribution in [-0.2, 0) is 0 Å². The van der Waals surface area contributed by atoms with E-state index in [1.165, 1.54) is 44.9 Å². The zero-order chi connectivity index (χ0) is 17.1. The van der Waals surface area contributed by atoms with Gasteiger partial charge < -0.3 is 10.4 Å². The van der Waals surface area contributed by atoms with E-state index < -0.39 is 0 Å². The summed E-state index contributed by atoms with van der Waals surface area (Å²) in [5.74, 6) is 2.73. The molecule has 4 saturated carbocycles. The molecule has 4 rings (SSSR count). The van der Waals surface area contributed by atoms with Crippen molar-refractivity contribution in [3.05, 3.63) is 11.6 Å². The first-order chi connectivity index (χ1) is 11.4. The first-order valence-corrected chi connectivity index (χ1v) is 10.4. The van der Waals surface area contributed by atoms with Crippen molar-refractivity contribution in [3.8, 4) is 0 Å². The monoisotopic (exact) mass is 331 g/mol. The summed E-state index contributed by atoms with van der Waals surface area (Å²) in [6.07, 6.45) is 12.6. The number of nitrogens with one attached hydrogen (secondary N) is 1. The zero-order valence-electron chi connectivity index (χ0n) is 16.1. The maximum atomic E-state index is 11.2. The van der Waals surface area contributed by atoms with Gasteiger partial charge in [-0.3, -0.25) is 0 Å². The maximum Gasteiger partial charge on any atom is 0.0577 e. The number of aliphatic hydroxyl groups is 1. The molecular weight excluding hydrogens is 294 g/mol. The average Bonchev–Trinajstić information content (AvgIpc) is 2.91.